The molecule has 4 nitrogen and oxygen atoms in total. The van der Waals surface area contributed by atoms with Crippen LogP contribution in [0.25, 0.3) is 0 Å². The second kappa shape index (κ2) is 5.67. The largest absolute Gasteiger partial charge is 0.397 e. The number of pyridine rings is 1. The number of hydrogen-bond acceptors (Lipinski definition) is 5. The Morgan fingerprint density at radius 2 is 2.22 bits per heavy atom. The van der Waals surface area contributed by atoms with Crippen molar-refractivity contribution in [3.63, 3.8) is 0 Å². The van der Waals surface area contributed by atoms with Crippen molar-refractivity contribution in [2.45, 2.75) is 20.3 Å². The van der Waals surface area contributed by atoms with Crippen LogP contribution in [0, 0.1) is 13.8 Å². The lowest BCUT2D eigenvalue weighted by atomic mass is 10.2. The predicted molar refractivity (Wildman–Crippen MR) is 80.1 cm³/mol. The molecule has 0 aliphatic carbocycles. The van der Waals surface area contributed by atoms with Crippen molar-refractivity contribution >= 4 is 38.8 Å². The standard InChI is InChI=1S/C12H15BrN4S/c1-7-10(14)5-16-12(11(7)13)15-4-3-9-6-18-8(2)17-9/h5-6H,3-4,14H2,1-2H3,(H,15,16). The molecular weight excluding hydrogens is 312 g/mol. The smallest absolute Gasteiger partial charge is 0.140 e. The first-order valence-electron chi connectivity index (χ1n) is 5.63. The van der Waals surface area contributed by atoms with Crippen molar-refractivity contribution in [1.29, 1.82) is 0 Å². The van der Waals surface area contributed by atoms with Crippen molar-refractivity contribution in [2.75, 3.05) is 17.6 Å². The molecule has 2 aromatic heterocycles. The summed E-state index contributed by atoms with van der Waals surface area (Å²) in [5.41, 5.74) is 8.61. The third-order valence-electron chi connectivity index (χ3n) is 2.64. The van der Waals surface area contributed by atoms with Gasteiger partial charge in [0.15, 0.2) is 0 Å². The van der Waals surface area contributed by atoms with E-state index in [1.807, 2.05) is 13.8 Å². The number of thiazole rings is 1. The number of halogens is 1. The minimum absolute atomic E-state index is 0.697. The van der Waals surface area contributed by atoms with Gasteiger partial charge in [0, 0.05) is 18.3 Å². The topological polar surface area (TPSA) is 63.8 Å². The summed E-state index contributed by atoms with van der Waals surface area (Å²) in [7, 11) is 0. The highest BCUT2D eigenvalue weighted by molar-refractivity contribution is 9.10. The molecule has 0 spiro atoms. The van der Waals surface area contributed by atoms with Crippen LogP contribution in [0.2, 0.25) is 0 Å². The van der Waals surface area contributed by atoms with Crippen LogP contribution >= 0.6 is 27.3 Å². The Morgan fingerprint density at radius 3 is 2.89 bits per heavy atom. The number of aromatic nitrogens is 2. The van der Waals surface area contributed by atoms with Gasteiger partial charge in [-0.3, -0.25) is 0 Å². The summed E-state index contributed by atoms with van der Waals surface area (Å²) in [6, 6.07) is 0. The van der Waals surface area contributed by atoms with Gasteiger partial charge in [-0.15, -0.1) is 11.3 Å². The van der Waals surface area contributed by atoms with Gasteiger partial charge in [-0.05, 0) is 35.3 Å². The van der Waals surface area contributed by atoms with E-state index in [-0.39, 0.29) is 0 Å². The maximum Gasteiger partial charge on any atom is 0.140 e. The fraction of sp³-hybridized carbons (Fsp3) is 0.333. The molecule has 0 bridgehead atoms. The summed E-state index contributed by atoms with van der Waals surface area (Å²) in [6.07, 6.45) is 2.57. The van der Waals surface area contributed by atoms with E-state index in [1.54, 1.807) is 17.5 Å². The van der Waals surface area contributed by atoms with E-state index < -0.39 is 0 Å². The van der Waals surface area contributed by atoms with E-state index in [1.165, 1.54) is 0 Å². The summed E-state index contributed by atoms with van der Waals surface area (Å²) in [5, 5.41) is 6.49. The van der Waals surface area contributed by atoms with Crippen LogP contribution in [-0.4, -0.2) is 16.5 Å². The van der Waals surface area contributed by atoms with Gasteiger partial charge in [0.25, 0.3) is 0 Å². The molecular formula is C12H15BrN4S. The Hall–Kier alpha value is -1.14. The van der Waals surface area contributed by atoms with Crippen molar-refractivity contribution < 1.29 is 0 Å². The van der Waals surface area contributed by atoms with Crippen LogP contribution < -0.4 is 11.1 Å². The van der Waals surface area contributed by atoms with Crippen LogP contribution in [0.5, 0.6) is 0 Å². The third kappa shape index (κ3) is 3.00. The Bertz CT molecular complexity index is 553. The fourth-order valence-electron chi connectivity index (χ4n) is 1.55. The zero-order chi connectivity index (χ0) is 13.1. The Labute approximate surface area is 119 Å². The van der Waals surface area contributed by atoms with Crippen molar-refractivity contribution in [3.8, 4) is 0 Å². The number of nitrogens with one attached hydrogen (secondary N) is 1. The van der Waals surface area contributed by atoms with Crippen molar-refractivity contribution in [1.82, 2.24) is 9.97 Å². The van der Waals surface area contributed by atoms with E-state index in [0.717, 1.165) is 39.5 Å². The molecule has 0 fully saturated rings. The maximum atomic E-state index is 5.78. The van der Waals surface area contributed by atoms with Gasteiger partial charge in [-0.2, -0.15) is 0 Å². The van der Waals surface area contributed by atoms with Gasteiger partial charge < -0.3 is 11.1 Å². The average molecular weight is 327 g/mol. The summed E-state index contributed by atoms with van der Waals surface area (Å²) in [4.78, 5) is 8.70. The lowest BCUT2D eigenvalue weighted by molar-refractivity contribution is 0.958. The highest BCUT2D eigenvalue weighted by Crippen LogP contribution is 2.27. The van der Waals surface area contributed by atoms with E-state index in [9.17, 15) is 0 Å². The maximum absolute atomic E-state index is 5.78. The van der Waals surface area contributed by atoms with E-state index in [2.05, 4.69) is 36.6 Å². The lowest BCUT2D eigenvalue weighted by Crippen LogP contribution is -2.08. The number of nitrogen functional groups attached to an aromatic ring is 1. The fourth-order valence-corrected chi connectivity index (χ4v) is 2.67. The Morgan fingerprint density at radius 1 is 1.44 bits per heavy atom. The molecule has 0 radical (unpaired) electrons. The first-order chi connectivity index (χ1) is 8.58. The molecule has 0 aromatic carbocycles. The van der Waals surface area contributed by atoms with Gasteiger partial charge in [-0.1, -0.05) is 0 Å². The zero-order valence-electron chi connectivity index (χ0n) is 10.3. The number of rotatable bonds is 4. The molecule has 0 atom stereocenters. The molecule has 0 aliphatic heterocycles. The number of nitrogens with zero attached hydrogens (tertiary/aromatic N) is 2. The summed E-state index contributed by atoms with van der Waals surface area (Å²) >= 11 is 5.18. The van der Waals surface area contributed by atoms with Gasteiger partial charge in [0.2, 0.25) is 0 Å². The molecule has 0 saturated carbocycles. The third-order valence-corrected chi connectivity index (χ3v) is 4.44. The minimum atomic E-state index is 0.697. The number of aryl methyl sites for hydroxylation is 1. The quantitative estimate of drug-likeness (QED) is 0.905. The second-order valence-electron chi connectivity index (χ2n) is 4.04. The Kier molecular flexibility index (Phi) is 4.19. The van der Waals surface area contributed by atoms with Crippen LogP contribution in [0.4, 0.5) is 11.5 Å². The molecule has 96 valence electrons. The van der Waals surface area contributed by atoms with E-state index >= 15 is 0 Å². The normalized spacial score (nSPS) is 10.6. The van der Waals surface area contributed by atoms with Gasteiger partial charge in [0.1, 0.15) is 5.82 Å². The van der Waals surface area contributed by atoms with Crippen LogP contribution in [0.3, 0.4) is 0 Å². The summed E-state index contributed by atoms with van der Waals surface area (Å²) < 4.78 is 0.928. The highest BCUT2D eigenvalue weighted by Gasteiger charge is 2.07. The minimum Gasteiger partial charge on any atom is -0.397 e. The first kappa shape index (κ1) is 13.3. The van der Waals surface area contributed by atoms with Crippen LogP contribution in [-0.2, 0) is 6.42 Å². The number of hydrogen-bond donors (Lipinski definition) is 2. The van der Waals surface area contributed by atoms with Gasteiger partial charge in [-0.25, -0.2) is 9.97 Å². The van der Waals surface area contributed by atoms with Crippen molar-refractivity contribution in [2.24, 2.45) is 0 Å². The summed E-state index contributed by atoms with van der Waals surface area (Å²) in [6.45, 7) is 4.79. The molecule has 6 heteroatoms. The summed E-state index contributed by atoms with van der Waals surface area (Å²) in [5.74, 6) is 0.827. The first-order valence-corrected chi connectivity index (χ1v) is 7.30. The SMILES string of the molecule is Cc1nc(CCNc2ncc(N)c(C)c2Br)cs1. The predicted octanol–water partition coefficient (Wildman–Crippen LogP) is 3.15. The molecule has 0 saturated heterocycles. The van der Waals surface area contributed by atoms with E-state index in [0.29, 0.717) is 5.69 Å². The molecule has 18 heavy (non-hydrogen) atoms. The molecule has 0 amide bonds. The number of nitrogens with two attached hydrogens (primary N) is 1. The monoisotopic (exact) mass is 326 g/mol. The van der Waals surface area contributed by atoms with Crippen molar-refractivity contribution in [3.05, 3.63) is 32.3 Å². The van der Waals surface area contributed by atoms with Gasteiger partial charge in [0.05, 0.1) is 27.1 Å². The lowest BCUT2D eigenvalue weighted by Gasteiger charge is -2.10. The van der Waals surface area contributed by atoms with E-state index in [4.69, 9.17) is 5.73 Å². The highest BCUT2D eigenvalue weighted by atomic mass is 79.9. The molecule has 3 N–H and O–H groups in total. The average Bonchev–Trinajstić information content (AvgIpc) is 2.75. The molecule has 0 aliphatic rings. The van der Waals surface area contributed by atoms with Crippen LogP contribution in [0.1, 0.15) is 16.3 Å². The Balaban J connectivity index is 1.96. The second-order valence-corrected chi connectivity index (χ2v) is 5.89. The van der Waals surface area contributed by atoms with Gasteiger partial charge >= 0.3 is 0 Å². The zero-order valence-corrected chi connectivity index (χ0v) is 12.7. The molecule has 0 unspecified atom stereocenters. The molecule has 2 aromatic rings. The van der Waals surface area contributed by atoms with Crippen LogP contribution in [0.15, 0.2) is 16.0 Å². The molecule has 2 heterocycles. The number of anilines is 2. The molecule has 2 rings (SSSR count).